The molecule has 0 saturated heterocycles. The van der Waals surface area contributed by atoms with Crippen LogP contribution in [0.25, 0.3) is 0 Å². The predicted octanol–water partition coefficient (Wildman–Crippen LogP) is 3.12. The zero-order valence-corrected chi connectivity index (χ0v) is 15.1. The molecule has 26 heavy (non-hydrogen) atoms. The fraction of sp³-hybridized carbons (Fsp3) is 0.278. The Kier molecular flexibility index (Phi) is 5.85. The minimum absolute atomic E-state index is 0.0446. The average molecular weight is 370 g/mol. The number of nitrogens with zero attached hydrogens (tertiary/aromatic N) is 4. The largest absolute Gasteiger partial charge is 0.454 e. The summed E-state index contributed by atoms with van der Waals surface area (Å²) >= 11 is 1.34. The van der Waals surface area contributed by atoms with E-state index >= 15 is 0 Å². The number of carbonyl (C=O) groups excluding carboxylic acids is 2. The predicted molar refractivity (Wildman–Crippen MR) is 96.0 cm³/mol. The monoisotopic (exact) mass is 370 g/mol. The second-order valence-electron chi connectivity index (χ2n) is 5.60. The van der Waals surface area contributed by atoms with E-state index in [-0.39, 0.29) is 18.0 Å². The Balaban J connectivity index is 1.73. The molecule has 0 aliphatic rings. The number of thiophene rings is 1. The number of hydrogen-bond acceptors (Lipinski definition) is 7. The third kappa shape index (κ3) is 4.02. The van der Waals surface area contributed by atoms with Gasteiger partial charge >= 0.3 is 5.97 Å². The molecule has 2 heterocycles. The number of hydrogen-bond donors (Lipinski definition) is 0. The Bertz CT molecular complexity index is 889. The van der Waals surface area contributed by atoms with Gasteiger partial charge in [-0.2, -0.15) is 0 Å². The summed E-state index contributed by atoms with van der Waals surface area (Å²) in [6, 6.07) is 10.2. The minimum atomic E-state index is -0.574. The lowest BCUT2D eigenvalue weighted by Gasteiger charge is -2.08. The van der Waals surface area contributed by atoms with Gasteiger partial charge in [0.15, 0.2) is 12.4 Å². The van der Waals surface area contributed by atoms with Crippen LogP contribution in [-0.2, 0) is 17.9 Å². The highest BCUT2D eigenvalue weighted by Crippen LogP contribution is 2.19. The lowest BCUT2D eigenvalue weighted by molar-refractivity contribution is 0.0454. The van der Waals surface area contributed by atoms with Crippen LogP contribution in [0.15, 0.2) is 41.8 Å². The van der Waals surface area contributed by atoms with Gasteiger partial charge in [0, 0.05) is 12.1 Å². The van der Waals surface area contributed by atoms with E-state index in [9.17, 15) is 9.59 Å². The molecule has 0 atom stereocenters. The van der Waals surface area contributed by atoms with Crippen molar-refractivity contribution in [2.24, 2.45) is 0 Å². The van der Waals surface area contributed by atoms with Crippen LogP contribution in [0.4, 0.5) is 0 Å². The van der Waals surface area contributed by atoms with E-state index < -0.39 is 5.97 Å². The summed E-state index contributed by atoms with van der Waals surface area (Å²) in [5, 5.41) is 13.2. The zero-order chi connectivity index (χ0) is 18.4. The SMILES string of the molecule is CCCCn1nnnc1COC(=O)c1ccccc1C(=O)c1cccs1. The molecule has 0 aliphatic heterocycles. The molecule has 0 unspecified atom stereocenters. The molecule has 0 fully saturated rings. The molecule has 2 aromatic heterocycles. The Hall–Kier alpha value is -2.87. The molecule has 134 valence electrons. The second-order valence-corrected chi connectivity index (χ2v) is 6.55. The van der Waals surface area contributed by atoms with Crippen LogP contribution in [0.1, 0.15) is 51.2 Å². The van der Waals surface area contributed by atoms with E-state index in [0.717, 1.165) is 12.8 Å². The lowest BCUT2D eigenvalue weighted by atomic mass is 10.0. The quantitative estimate of drug-likeness (QED) is 0.447. The van der Waals surface area contributed by atoms with Crippen molar-refractivity contribution in [3.8, 4) is 0 Å². The molecule has 0 spiro atoms. The van der Waals surface area contributed by atoms with Crippen molar-refractivity contribution in [2.75, 3.05) is 0 Å². The van der Waals surface area contributed by atoms with Crippen molar-refractivity contribution < 1.29 is 14.3 Å². The van der Waals surface area contributed by atoms with Crippen molar-refractivity contribution in [1.29, 1.82) is 0 Å². The van der Waals surface area contributed by atoms with Gasteiger partial charge in [0.2, 0.25) is 5.78 Å². The van der Waals surface area contributed by atoms with Crippen LogP contribution in [0.3, 0.4) is 0 Å². The molecule has 0 N–H and O–H groups in total. The minimum Gasteiger partial charge on any atom is -0.454 e. The van der Waals surface area contributed by atoms with Gasteiger partial charge < -0.3 is 4.74 Å². The Morgan fingerprint density at radius 1 is 1.15 bits per heavy atom. The van der Waals surface area contributed by atoms with Gasteiger partial charge in [0.05, 0.1) is 10.4 Å². The van der Waals surface area contributed by atoms with Crippen molar-refractivity contribution in [3.05, 3.63) is 63.6 Å². The van der Waals surface area contributed by atoms with Crippen molar-refractivity contribution in [3.63, 3.8) is 0 Å². The van der Waals surface area contributed by atoms with E-state index in [1.165, 1.54) is 11.3 Å². The van der Waals surface area contributed by atoms with Crippen LogP contribution in [-0.4, -0.2) is 32.0 Å². The molecule has 8 heteroatoms. The van der Waals surface area contributed by atoms with Gasteiger partial charge in [-0.15, -0.1) is 16.4 Å². The van der Waals surface area contributed by atoms with E-state index in [0.29, 0.717) is 22.8 Å². The van der Waals surface area contributed by atoms with Gasteiger partial charge in [-0.1, -0.05) is 37.6 Å². The van der Waals surface area contributed by atoms with Gasteiger partial charge in [0.25, 0.3) is 0 Å². The van der Waals surface area contributed by atoms with Gasteiger partial charge in [-0.3, -0.25) is 4.79 Å². The normalized spacial score (nSPS) is 10.7. The number of aryl methyl sites for hydroxylation is 1. The number of unbranched alkanes of at least 4 members (excludes halogenated alkanes) is 1. The first-order valence-electron chi connectivity index (χ1n) is 8.30. The summed E-state index contributed by atoms with van der Waals surface area (Å²) in [7, 11) is 0. The van der Waals surface area contributed by atoms with Crippen LogP contribution < -0.4 is 0 Å². The molecule has 0 aliphatic carbocycles. The molecule has 1 aromatic carbocycles. The maximum atomic E-state index is 12.6. The summed E-state index contributed by atoms with van der Waals surface area (Å²) in [5.41, 5.74) is 0.559. The Morgan fingerprint density at radius 2 is 1.96 bits per heavy atom. The third-order valence-corrected chi connectivity index (χ3v) is 4.67. The van der Waals surface area contributed by atoms with E-state index in [1.54, 1.807) is 41.1 Å². The number of ether oxygens (including phenoxy) is 1. The van der Waals surface area contributed by atoms with Crippen molar-refractivity contribution in [2.45, 2.75) is 32.9 Å². The second kappa shape index (κ2) is 8.48. The van der Waals surface area contributed by atoms with Crippen molar-refractivity contribution in [1.82, 2.24) is 20.2 Å². The number of esters is 1. The molecule has 7 nitrogen and oxygen atoms in total. The lowest BCUT2D eigenvalue weighted by Crippen LogP contribution is -2.14. The van der Waals surface area contributed by atoms with Gasteiger partial charge in [0.1, 0.15) is 0 Å². The third-order valence-electron chi connectivity index (χ3n) is 3.80. The van der Waals surface area contributed by atoms with Crippen LogP contribution in [0.2, 0.25) is 0 Å². The molecule has 0 radical (unpaired) electrons. The number of tetrazole rings is 1. The Labute approximate surface area is 154 Å². The topological polar surface area (TPSA) is 87.0 Å². The standard InChI is InChI=1S/C18H18N4O3S/c1-2-3-10-22-16(19-20-21-22)12-25-18(24)14-8-5-4-7-13(14)17(23)15-9-6-11-26-15/h4-9,11H,2-3,10,12H2,1H3. The van der Waals surface area contributed by atoms with E-state index in [4.69, 9.17) is 4.74 Å². The maximum absolute atomic E-state index is 12.6. The summed E-state index contributed by atoms with van der Waals surface area (Å²) in [6.45, 7) is 2.70. The number of carbonyl (C=O) groups is 2. The van der Waals surface area contributed by atoms with Gasteiger partial charge in [-0.25, -0.2) is 9.48 Å². The smallest absolute Gasteiger partial charge is 0.339 e. The highest BCUT2D eigenvalue weighted by Gasteiger charge is 2.20. The maximum Gasteiger partial charge on any atom is 0.339 e. The van der Waals surface area contributed by atoms with E-state index in [2.05, 4.69) is 22.4 Å². The molecule has 0 saturated carbocycles. The molecule has 0 amide bonds. The van der Waals surface area contributed by atoms with Gasteiger partial charge in [-0.05, 0) is 34.4 Å². The molecule has 3 rings (SSSR count). The molecular formula is C18H18N4O3S. The Morgan fingerprint density at radius 3 is 2.69 bits per heavy atom. The first kappa shape index (κ1) is 17.9. The van der Waals surface area contributed by atoms with Crippen molar-refractivity contribution >= 4 is 23.1 Å². The van der Waals surface area contributed by atoms with Crippen LogP contribution in [0.5, 0.6) is 0 Å². The number of ketones is 1. The number of aromatic nitrogens is 4. The van der Waals surface area contributed by atoms with Crippen LogP contribution in [0, 0.1) is 0 Å². The first-order chi connectivity index (χ1) is 12.7. The summed E-state index contributed by atoms with van der Waals surface area (Å²) in [5.74, 6) is -0.287. The fourth-order valence-corrected chi connectivity index (χ4v) is 3.09. The van der Waals surface area contributed by atoms with Crippen LogP contribution >= 0.6 is 11.3 Å². The van der Waals surface area contributed by atoms with E-state index in [1.807, 2.05) is 5.38 Å². The zero-order valence-electron chi connectivity index (χ0n) is 14.3. The molecular weight excluding hydrogens is 352 g/mol. The highest BCUT2D eigenvalue weighted by atomic mass is 32.1. The summed E-state index contributed by atoms with van der Waals surface area (Å²) in [4.78, 5) is 25.7. The fourth-order valence-electron chi connectivity index (χ4n) is 2.42. The number of rotatable bonds is 8. The highest BCUT2D eigenvalue weighted by molar-refractivity contribution is 7.12. The average Bonchev–Trinajstić information content (AvgIpc) is 3.35. The summed E-state index contributed by atoms with van der Waals surface area (Å²) in [6.07, 6.45) is 1.95. The number of benzene rings is 1. The molecule has 3 aromatic rings. The molecule has 0 bridgehead atoms. The first-order valence-corrected chi connectivity index (χ1v) is 9.18. The summed E-state index contributed by atoms with van der Waals surface area (Å²) < 4.78 is 6.97.